The van der Waals surface area contributed by atoms with Crippen LogP contribution in [0.15, 0.2) is 102 Å². The number of carbonyl (C=O) groups excluding carboxylic acids is 1. The maximum atomic E-state index is 13.8. The van der Waals surface area contributed by atoms with Gasteiger partial charge in [0.2, 0.25) is 0 Å². The molecule has 2 N–H and O–H groups in total. The molecule has 0 unspecified atom stereocenters. The van der Waals surface area contributed by atoms with Crippen LogP contribution < -0.4 is 14.2 Å². The molecule has 0 spiro atoms. The van der Waals surface area contributed by atoms with Crippen molar-refractivity contribution in [1.82, 2.24) is 9.80 Å². The molecule has 0 bridgehead atoms. The van der Waals surface area contributed by atoms with Crippen LogP contribution in [0.3, 0.4) is 0 Å². The number of nitrogens with zero attached hydrogens (tertiary/aromatic N) is 2. The highest BCUT2D eigenvalue weighted by molar-refractivity contribution is 7.92. The van der Waals surface area contributed by atoms with Gasteiger partial charge in [0, 0.05) is 25.6 Å². The van der Waals surface area contributed by atoms with Crippen molar-refractivity contribution in [1.29, 1.82) is 0 Å². The van der Waals surface area contributed by atoms with Crippen LogP contribution in [0.5, 0.6) is 11.5 Å². The maximum absolute atomic E-state index is 13.8. The van der Waals surface area contributed by atoms with Crippen molar-refractivity contribution in [3.63, 3.8) is 0 Å². The Hall–Kier alpha value is -4.38. The molecule has 0 radical (unpaired) electrons. The van der Waals surface area contributed by atoms with E-state index < -0.39 is 22.2 Å². The Morgan fingerprint density at radius 3 is 2.30 bits per heavy atom. The molecule has 46 heavy (non-hydrogen) atoms. The van der Waals surface area contributed by atoms with Gasteiger partial charge in [-0.2, -0.15) is 0 Å². The fourth-order valence-electron chi connectivity index (χ4n) is 5.62. The van der Waals surface area contributed by atoms with Crippen molar-refractivity contribution in [2.75, 3.05) is 38.6 Å². The summed E-state index contributed by atoms with van der Waals surface area (Å²) in [5.41, 5.74) is 3.84. The van der Waals surface area contributed by atoms with Crippen molar-refractivity contribution >= 4 is 21.6 Å². The summed E-state index contributed by atoms with van der Waals surface area (Å²) in [7, 11) is -0.503. The lowest BCUT2D eigenvalue weighted by Crippen LogP contribution is -2.49. The average Bonchev–Trinajstić information content (AvgIpc) is 3.07. The fourth-order valence-corrected chi connectivity index (χ4v) is 6.68. The molecule has 1 amide bonds. The number of carbonyl (C=O) groups is 1. The number of nitrogens with one attached hydrogen (secondary N) is 1. The van der Waals surface area contributed by atoms with Gasteiger partial charge < -0.3 is 19.5 Å². The average molecular weight is 644 g/mol. The molecule has 0 aliphatic carbocycles. The minimum absolute atomic E-state index is 0.0431. The van der Waals surface area contributed by atoms with E-state index in [1.54, 1.807) is 42.2 Å². The molecule has 1 aliphatic rings. The van der Waals surface area contributed by atoms with Crippen LogP contribution in [0.25, 0.3) is 11.1 Å². The van der Waals surface area contributed by atoms with Crippen molar-refractivity contribution in [2.45, 2.75) is 37.4 Å². The highest BCUT2D eigenvalue weighted by Crippen LogP contribution is 2.36. The summed E-state index contributed by atoms with van der Waals surface area (Å²) >= 11 is 0. The number of para-hydroxylation sites is 1. The number of likely N-dealkylation sites (N-methyl/N-ethyl adjacent to an activating group) is 1. The van der Waals surface area contributed by atoms with E-state index in [-0.39, 0.29) is 40.3 Å². The quantitative estimate of drug-likeness (QED) is 0.222. The van der Waals surface area contributed by atoms with Gasteiger partial charge in [-0.1, -0.05) is 67.6 Å². The topological polar surface area (TPSA) is 108 Å². The predicted molar refractivity (Wildman–Crippen MR) is 180 cm³/mol. The third-order valence-corrected chi connectivity index (χ3v) is 9.69. The van der Waals surface area contributed by atoms with E-state index in [1.165, 1.54) is 19.2 Å². The zero-order valence-electron chi connectivity index (χ0n) is 26.6. The standard InChI is InChI=1S/C36H41N3O6S/c1-25-21-39(26(2)24-40)36(41)32-11-8-12-33(37-46(42,43)31-19-17-30(44-4)18-20-31)35(32)45-34(25)23-38(3)22-27-13-15-29(16-14-27)28-9-6-5-7-10-28/h5-20,25-26,34,37,40H,21-24H2,1-4H3/t25-,26-,34+/m0/s1. The molecule has 0 saturated heterocycles. The van der Waals surface area contributed by atoms with Crippen molar-refractivity contribution < 1.29 is 27.8 Å². The van der Waals surface area contributed by atoms with Gasteiger partial charge in [-0.15, -0.1) is 0 Å². The van der Waals surface area contributed by atoms with E-state index in [0.717, 1.165) is 16.7 Å². The Balaban J connectivity index is 1.42. The van der Waals surface area contributed by atoms with Crippen LogP contribution in [0.1, 0.15) is 29.8 Å². The molecule has 1 aliphatic heterocycles. The Labute approximate surface area is 271 Å². The van der Waals surface area contributed by atoms with Crippen LogP contribution in [-0.4, -0.2) is 75.2 Å². The molecule has 9 nitrogen and oxygen atoms in total. The lowest BCUT2D eigenvalue weighted by molar-refractivity contribution is 0.0344. The van der Waals surface area contributed by atoms with E-state index in [1.807, 2.05) is 32.2 Å². The Morgan fingerprint density at radius 2 is 1.65 bits per heavy atom. The molecule has 0 fully saturated rings. The number of anilines is 1. The number of amides is 1. The van der Waals surface area contributed by atoms with Crippen molar-refractivity contribution in [3.05, 3.63) is 108 Å². The summed E-state index contributed by atoms with van der Waals surface area (Å²) in [5, 5.41) is 10.0. The molecular weight excluding hydrogens is 602 g/mol. The second-order valence-electron chi connectivity index (χ2n) is 11.8. The normalized spacial score (nSPS) is 17.4. The number of hydrogen-bond donors (Lipinski definition) is 2. The molecule has 3 atom stereocenters. The number of rotatable bonds is 11. The molecule has 10 heteroatoms. The molecule has 0 saturated carbocycles. The maximum Gasteiger partial charge on any atom is 0.262 e. The van der Waals surface area contributed by atoms with Gasteiger partial charge in [0.05, 0.1) is 35.9 Å². The summed E-state index contributed by atoms with van der Waals surface area (Å²) in [6, 6.07) is 29.1. The first-order valence-corrected chi connectivity index (χ1v) is 16.8. The van der Waals surface area contributed by atoms with E-state index in [9.17, 15) is 18.3 Å². The number of aliphatic hydroxyl groups is 1. The summed E-state index contributed by atoms with van der Waals surface area (Å²) in [6.07, 6.45) is -0.402. The number of aliphatic hydroxyl groups excluding tert-OH is 1. The van der Waals surface area contributed by atoms with Gasteiger partial charge in [-0.25, -0.2) is 8.42 Å². The zero-order chi connectivity index (χ0) is 32.8. The molecule has 1 heterocycles. The first-order valence-electron chi connectivity index (χ1n) is 15.3. The Kier molecular flexibility index (Phi) is 10.3. The summed E-state index contributed by atoms with van der Waals surface area (Å²) in [6.45, 7) is 5.13. The third kappa shape index (κ3) is 7.52. The number of ether oxygens (including phenoxy) is 2. The predicted octanol–water partition coefficient (Wildman–Crippen LogP) is 5.52. The highest BCUT2D eigenvalue weighted by Gasteiger charge is 2.35. The number of fused-ring (bicyclic) bond motifs is 1. The molecule has 4 aromatic carbocycles. The SMILES string of the molecule is COc1ccc(S(=O)(=O)Nc2cccc3c2O[C@H](CN(C)Cc2ccc(-c4ccccc4)cc2)[C@@H](C)CN([C@@H](C)CO)C3=O)cc1. The lowest BCUT2D eigenvalue weighted by atomic mass is 9.98. The van der Waals surface area contributed by atoms with E-state index in [4.69, 9.17) is 9.47 Å². The Bertz CT molecular complexity index is 1730. The zero-order valence-corrected chi connectivity index (χ0v) is 27.4. The minimum Gasteiger partial charge on any atom is -0.497 e. The second-order valence-corrected chi connectivity index (χ2v) is 13.5. The second kappa shape index (κ2) is 14.4. The van der Waals surface area contributed by atoms with Crippen LogP contribution in [0.2, 0.25) is 0 Å². The van der Waals surface area contributed by atoms with E-state index in [0.29, 0.717) is 25.4 Å². The van der Waals surface area contributed by atoms with Gasteiger partial charge in [0.15, 0.2) is 5.75 Å². The highest BCUT2D eigenvalue weighted by atomic mass is 32.2. The van der Waals surface area contributed by atoms with E-state index in [2.05, 4.69) is 46.0 Å². The first kappa shape index (κ1) is 33.0. The molecule has 4 aromatic rings. The number of sulfonamides is 1. The number of benzene rings is 4. The number of methoxy groups -OCH3 is 1. The minimum atomic E-state index is -4.02. The largest absolute Gasteiger partial charge is 0.497 e. The van der Waals surface area contributed by atoms with Crippen molar-refractivity contribution in [3.8, 4) is 22.6 Å². The first-order chi connectivity index (χ1) is 22.1. The summed E-state index contributed by atoms with van der Waals surface area (Å²) < 4.78 is 41.3. The molecule has 0 aromatic heterocycles. The lowest BCUT2D eigenvalue weighted by Gasteiger charge is -2.38. The van der Waals surface area contributed by atoms with E-state index >= 15 is 0 Å². The van der Waals surface area contributed by atoms with Crippen molar-refractivity contribution in [2.24, 2.45) is 5.92 Å². The van der Waals surface area contributed by atoms with Crippen LogP contribution in [0.4, 0.5) is 5.69 Å². The number of hydrogen-bond acceptors (Lipinski definition) is 7. The summed E-state index contributed by atoms with van der Waals surface area (Å²) in [4.78, 5) is 17.7. The summed E-state index contributed by atoms with van der Waals surface area (Å²) in [5.74, 6) is 0.222. The van der Waals surface area contributed by atoms with Gasteiger partial charge in [0.1, 0.15) is 11.9 Å². The van der Waals surface area contributed by atoms with Gasteiger partial charge >= 0.3 is 0 Å². The van der Waals surface area contributed by atoms with Crippen LogP contribution >= 0.6 is 0 Å². The van der Waals surface area contributed by atoms with Gasteiger partial charge in [-0.3, -0.25) is 14.4 Å². The third-order valence-electron chi connectivity index (χ3n) is 8.31. The smallest absolute Gasteiger partial charge is 0.262 e. The molecule has 5 rings (SSSR count). The monoisotopic (exact) mass is 643 g/mol. The molecular formula is C36H41N3O6S. The molecule has 242 valence electrons. The van der Waals surface area contributed by atoms with Crippen LogP contribution in [0, 0.1) is 5.92 Å². The Morgan fingerprint density at radius 1 is 0.978 bits per heavy atom. The fraction of sp³-hybridized carbons (Fsp3) is 0.306. The van der Waals surface area contributed by atoms with Gasteiger partial charge in [0.25, 0.3) is 15.9 Å². The van der Waals surface area contributed by atoms with Gasteiger partial charge in [-0.05, 0) is 67.1 Å². The van der Waals surface area contributed by atoms with Crippen LogP contribution in [-0.2, 0) is 16.6 Å².